The summed E-state index contributed by atoms with van der Waals surface area (Å²) in [6.07, 6.45) is 3.46. The van der Waals surface area contributed by atoms with Crippen LogP contribution >= 0.6 is 0 Å². The van der Waals surface area contributed by atoms with E-state index in [4.69, 9.17) is 39.4 Å². The summed E-state index contributed by atoms with van der Waals surface area (Å²) >= 11 is 0. The van der Waals surface area contributed by atoms with Crippen molar-refractivity contribution in [2.75, 3.05) is 122 Å². The summed E-state index contributed by atoms with van der Waals surface area (Å²) in [6, 6.07) is 20.0. The van der Waals surface area contributed by atoms with Crippen LogP contribution in [0.2, 0.25) is 0 Å². The van der Waals surface area contributed by atoms with Crippen LogP contribution in [0.25, 0.3) is 0 Å². The predicted molar refractivity (Wildman–Crippen MR) is 241 cm³/mol. The molecule has 2 aromatic carbocycles. The summed E-state index contributed by atoms with van der Waals surface area (Å²) in [5.74, 6) is 3.44. The molecule has 18 nitrogen and oxygen atoms in total. The molecule has 0 atom stereocenters. The maximum Gasteiger partial charge on any atom is 0.410 e. The van der Waals surface area contributed by atoms with E-state index in [0.29, 0.717) is 121 Å². The van der Waals surface area contributed by atoms with Gasteiger partial charge in [0.25, 0.3) is 0 Å². The fourth-order valence-electron chi connectivity index (χ4n) is 7.39. The van der Waals surface area contributed by atoms with Crippen molar-refractivity contribution in [3.63, 3.8) is 0 Å². The second-order valence-corrected chi connectivity index (χ2v) is 16.8. The second-order valence-electron chi connectivity index (χ2n) is 16.8. The van der Waals surface area contributed by atoms with Gasteiger partial charge in [0.15, 0.2) is 0 Å². The number of rotatable bonds is 15. The van der Waals surface area contributed by atoms with Crippen LogP contribution in [-0.2, 0) is 22.5 Å². The molecule has 4 aromatic rings. The van der Waals surface area contributed by atoms with Crippen LogP contribution in [0.4, 0.5) is 45.3 Å². The molecule has 7 rings (SSSR count). The van der Waals surface area contributed by atoms with Crippen molar-refractivity contribution >= 4 is 47.9 Å². The smallest absolute Gasteiger partial charge is 0.410 e. The Kier molecular flexibility index (Phi) is 14.9. The molecule has 3 saturated heterocycles. The van der Waals surface area contributed by atoms with Crippen molar-refractivity contribution in [2.45, 2.75) is 65.6 Å². The van der Waals surface area contributed by atoms with Crippen molar-refractivity contribution in [1.29, 1.82) is 0 Å². The van der Waals surface area contributed by atoms with Gasteiger partial charge in [0.1, 0.15) is 12.2 Å². The largest absolute Gasteiger partial charge is 0.445 e. The van der Waals surface area contributed by atoms with Gasteiger partial charge in [-0.2, -0.15) is 29.9 Å². The van der Waals surface area contributed by atoms with E-state index >= 15 is 0 Å². The van der Waals surface area contributed by atoms with Gasteiger partial charge in [0.05, 0.1) is 0 Å². The van der Waals surface area contributed by atoms with E-state index in [9.17, 15) is 9.59 Å². The molecule has 0 bridgehead atoms. The third-order valence-corrected chi connectivity index (χ3v) is 10.9. The number of anilines is 6. The summed E-state index contributed by atoms with van der Waals surface area (Å²) in [5.41, 5.74) is 1.63. The fraction of sp³-hybridized carbons (Fsp3) is 0.545. The number of nitrogens with one attached hydrogen (secondary N) is 2. The molecule has 3 aliphatic rings. The number of benzene rings is 2. The molecule has 0 spiro atoms. The molecule has 5 heterocycles. The first-order valence-corrected chi connectivity index (χ1v) is 22.1. The molecule has 0 saturated carbocycles. The molecule has 0 aliphatic carbocycles. The van der Waals surface area contributed by atoms with Crippen LogP contribution in [0, 0.1) is 0 Å². The summed E-state index contributed by atoms with van der Waals surface area (Å²) in [5, 5.41) is 6.90. The van der Waals surface area contributed by atoms with E-state index in [1.165, 1.54) is 5.56 Å². The predicted octanol–water partition coefficient (Wildman–Crippen LogP) is 5.16. The Bertz CT molecular complexity index is 2030. The number of carbonyl (C=O) groups is 2. The lowest BCUT2D eigenvalue weighted by atomic mass is 10.1. The lowest BCUT2D eigenvalue weighted by Gasteiger charge is -2.37. The minimum absolute atomic E-state index is 0.238. The Morgan fingerprint density at radius 1 is 0.548 bits per heavy atom. The van der Waals surface area contributed by atoms with E-state index < -0.39 is 5.60 Å². The number of unbranched alkanes of at least 4 members (excludes halogenated alkanes) is 2. The summed E-state index contributed by atoms with van der Waals surface area (Å²) < 4.78 is 11.2. The molecule has 2 aromatic heterocycles. The van der Waals surface area contributed by atoms with Crippen LogP contribution in [0.5, 0.6) is 0 Å². The zero-order chi connectivity index (χ0) is 43.3. The minimum Gasteiger partial charge on any atom is -0.445 e. The number of piperazine rings is 3. The van der Waals surface area contributed by atoms with Gasteiger partial charge in [0.2, 0.25) is 35.7 Å². The third-order valence-electron chi connectivity index (χ3n) is 10.9. The van der Waals surface area contributed by atoms with E-state index in [1.807, 2.05) is 69.3 Å². The molecule has 2 amide bonds. The standard InChI is InChI=1S/C44H62N14O4/c1-5-6-13-19-45-36-47-38(51-39(48-36)56-27-31-58(32-28-56)43(60)62-44(2,3)4)53-21-23-54(24-22-53)40-49-37(46-20-18-34-14-9-7-10-15-34)50-41(52-40)55-25-29-57(30-26-55)42(59)61-33-35-16-11-8-12-17-35/h7-12,14-17H,5-6,13,18-33H2,1-4H3,(H,45,47,48,51)(H,46,49,50,52). The average molecular weight is 851 g/mol. The van der Waals surface area contributed by atoms with Gasteiger partial charge < -0.3 is 49.5 Å². The average Bonchev–Trinajstić information content (AvgIpc) is 3.30. The first-order valence-electron chi connectivity index (χ1n) is 22.1. The van der Waals surface area contributed by atoms with E-state index in [0.717, 1.165) is 37.8 Å². The Morgan fingerprint density at radius 2 is 0.968 bits per heavy atom. The zero-order valence-electron chi connectivity index (χ0n) is 36.7. The molecule has 332 valence electrons. The van der Waals surface area contributed by atoms with Crippen molar-refractivity contribution in [2.24, 2.45) is 0 Å². The van der Waals surface area contributed by atoms with Crippen LogP contribution < -0.4 is 30.2 Å². The van der Waals surface area contributed by atoms with Crippen molar-refractivity contribution < 1.29 is 19.1 Å². The number of nitrogens with zero attached hydrogens (tertiary/aromatic N) is 12. The Balaban J connectivity index is 1.02. The fourth-order valence-corrected chi connectivity index (χ4v) is 7.39. The van der Waals surface area contributed by atoms with Gasteiger partial charge in [-0.15, -0.1) is 0 Å². The molecule has 18 heteroatoms. The first-order chi connectivity index (χ1) is 30.1. The van der Waals surface area contributed by atoms with Gasteiger partial charge in [-0.3, -0.25) is 0 Å². The summed E-state index contributed by atoms with van der Waals surface area (Å²) in [4.78, 5) is 67.3. The molecular weight excluding hydrogens is 789 g/mol. The molecule has 3 fully saturated rings. The number of hydrogen-bond acceptors (Lipinski definition) is 16. The summed E-state index contributed by atoms with van der Waals surface area (Å²) in [6.45, 7) is 16.4. The number of amides is 2. The second kappa shape index (κ2) is 21.1. The van der Waals surface area contributed by atoms with Gasteiger partial charge in [-0.25, -0.2) is 9.59 Å². The van der Waals surface area contributed by atoms with Crippen LogP contribution in [-0.4, -0.2) is 149 Å². The molecule has 0 unspecified atom stereocenters. The molecular formula is C44H62N14O4. The Hall–Kier alpha value is -6.20. The summed E-state index contributed by atoms with van der Waals surface area (Å²) in [7, 11) is 0. The Labute approximate surface area is 365 Å². The number of hydrogen-bond donors (Lipinski definition) is 2. The number of aromatic nitrogens is 6. The monoisotopic (exact) mass is 851 g/mol. The maximum absolute atomic E-state index is 12.9. The van der Waals surface area contributed by atoms with E-state index in [-0.39, 0.29) is 18.8 Å². The first kappa shape index (κ1) is 43.9. The highest BCUT2D eigenvalue weighted by atomic mass is 16.6. The lowest BCUT2D eigenvalue weighted by Crippen LogP contribution is -2.51. The van der Waals surface area contributed by atoms with Crippen molar-refractivity contribution in [1.82, 2.24) is 39.7 Å². The number of carbonyl (C=O) groups excluding carboxylic acids is 2. The normalized spacial score (nSPS) is 16.0. The van der Waals surface area contributed by atoms with Gasteiger partial charge in [-0.05, 0) is 44.7 Å². The van der Waals surface area contributed by atoms with Crippen molar-refractivity contribution in [3.8, 4) is 0 Å². The zero-order valence-corrected chi connectivity index (χ0v) is 36.7. The van der Waals surface area contributed by atoms with Crippen LogP contribution in [0.1, 0.15) is 58.1 Å². The number of ether oxygens (including phenoxy) is 2. The minimum atomic E-state index is -0.551. The molecule has 3 aliphatic heterocycles. The Morgan fingerprint density at radius 3 is 1.42 bits per heavy atom. The van der Waals surface area contributed by atoms with Crippen LogP contribution in [0.15, 0.2) is 60.7 Å². The quantitative estimate of drug-likeness (QED) is 0.150. The van der Waals surface area contributed by atoms with Gasteiger partial charge in [0, 0.05) is 91.6 Å². The van der Waals surface area contributed by atoms with Crippen LogP contribution in [0.3, 0.4) is 0 Å². The molecule has 0 radical (unpaired) electrons. The lowest BCUT2D eigenvalue weighted by molar-refractivity contribution is 0.0240. The molecule has 2 N–H and O–H groups in total. The highest BCUT2D eigenvalue weighted by Crippen LogP contribution is 2.24. The highest BCUT2D eigenvalue weighted by molar-refractivity contribution is 5.69. The molecule has 62 heavy (non-hydrogen) atoms. The maximum atomic E-state index is 12.9. The van der Waals surface area contributed by atoms with E-state index in [1.54, 1.807) is 9.80 Å². The van der Waals surface area contributed by atoms with Gasteiger partial charge in [-0.1, -0.05) is 80.4 Å². The van der Waals surface area contributed by atoms with Crippen molar-refractivity contribution in [3.05, 3.63) is 71.8 Å². The van der Waals surface area contributed by atoms with Gasteiger partial charge >= 0.3 is 12.2 Å². The third kappa shape index (κ3) is 12.4. The topological polar surface area (TPSA) is 173 Å². The highest BCUT2D eigenvalue weighted by Gasteiger charge is 2.30. The SMILES string of the molecule is CCCCCNc1nc(N2CCN(C(=O)OC(C)(C)C)CC2)nc(N2CCN(c3nc(NCCc4ccccc4)nc(N4CCN(C(=O)OCc5ccccc5)CC4)n3)CC2)n1. The van der Waals surface area contributed by atoms with E-state index in [2.05, 4.69) is 49.3 Å².